The van der Waals surface area contributed by atoms with Crippen molar-refractivity contribution < 1.29 is 4.79 Å². The van der Waals surface area contributed by atoms with Gasteiger partial charge in [0, 0.05) is 23.5 Å². The molecular weight excluding hydrogens is 400 g/mol. The summed E-state index contributed by atoms with van der Waals surface area (Å²) >= 11 is 0. The average molecular weight is 429 g/mol. The lowest BCUT2D eigenvalue weighted by Gasteiger charge is -2.31. The predicted octanol–water partition coefficient (Wildman–Crippen LogP) is 4.37. The number of nitrogens with zero attached hydrogens (tertiary/aromatic N) is 3. The van der Waals surface area contributed by atoms with Crippen LogP contribution in [0.1, 0.15) is 31.2 Å². The van der Waals surface area contributed by atoms with Gasteiger partial charge in [0.1, 0.15) is 5.82 Å². The molecule has 2 aromatic heterocycles. The van der Waals surface area contributed by atoms with E-state index in [-0.39, 0.29) is 5.91 Å². The number of H-pyrrole nitrogens is 2. The lowest BCUT2D eigenvalue weighted by atomic mass is 9.90. The van der Waals surface area contributed by atoms with E-state index in [1.807, 2.05) is 24.3 Å². The fourth-order valence-electron chi connectivity index (χ4n) is 4.54. The maximum atomic E-state index is 11.3. The Bertz CT molecular complexity index is 1200. The molecule has 4 aromatic rings. The van der Waals surface area contributed by atoms with E-state index >= 15 is 0 Å². The molecule has 0 spiro atoms. The summed E-state index contributed by atoms with van der Waals surface area (Å²) in [5.41, 5.74) is 4.10. The highest BCUT2D eigenvalue weighted by molar-refractivity contribution is 5.93. The van der Waals surface area contributed by atoms with Crippen LogP contribution in [0.3, 0.4) is 0 Å². The molecule has 0 unspecified atom stereocenters. The molecule has 1 aliphatic heterocycles. The van der Waals surface area contributed by atoms with E-state index in [9.17, 15) is 4.79 Å². The van der Waals surface area contributed by atoms with Gasteiger partial charge in [-0.15, -0.1) is 10.2 Å². The largest absolute Gasteiger partial charge is 0.352 e. The second kappa shape index (κ2) is 8.96. The first-order valence-corrected chi connectivity index (χ1v) is 11.2. The average Bonchev–Trinajstić information content (AvgIpc) is 3.42. The minimum Gasteiger partial charge on any atom is -0.352 e. The summed E-state index contributed by atoms with van der Waals surface area (Å²) in [5, 5.41) is 12.6. The Morgan fingerprint density at radius 1 is 1.06 bits per heavy atom. The van der Waals surface area contributed by atoms with Gasteiger partial charge in [-0.25, -0.2) is 0 Å². The molecule has 7 heteroatoms. The molecule has 32 heavy (non-hydrogen) atoms. The third-order valence-corrected chi connectivity index (χ3v) is 6.18. The summed E-state index contributed by atoms with van der Waals surface area (Å²) in [5.74, 6) is 2.30. The molecule has 1 fully saturated rings. The normalized spacial score (nSPS) is 15.3. The number of carbonyl (C=O) groups is 1. The van der Waals surface area contributed by atoms with Crippen LogP contribution in [-0.2, 0) is 17.8 Å². The molecule has 0 saturated carbocycles. The van der Waals surface area contributed by atoms with E-state index in [2.05, 4.69) is 60.7 Å². The molecule has 7 nitrogen and oxygen atoms in total. The summed E-state index contributed by atoms with van der Waals surface area (Å²) in [6.45, 7) is 4.48. The Balaban J connectivity index is 1.19. The predicted molar refractivity (Wildman–Crippen MR) is 126 cm³/mol. The van der Waals surface area contributed by atoms with E-state index in [0.717, 1.165) is 59.5 Å². The molecule has 5 rings (SSSR count). The van der Waals surface area contributed by atoms with Gasteiger partial charge in [-0.1, -0.05) is 30.3 Å². The number of aromatic amines is 2. The van der Waals surface area contributed by atoms with Crippen molar-refractivity contribution in [2.75, 3.05) is 18.4 Å². The van der Waals surface area contributed by atoms with Crippen LogP contribution in [0.4, 0.5) is 5.69 Å². The minimum absolute atomic E-state index is 0.0796. The highest BCUT2D eigenvalue weighted by Gasteiger charge is 2.21. The number of anilines is 1. The van der Waals surface area contributed by atoms with Crippen molar-refractivity contribution >= 4 is 22.5 Å². The van der Waals surface area contributed by atoms with Crippen LogP contribution in [0.5, 0.6) is 0 Å². The monoisotopic (exact) mass is 428 g/mol. The molecule has 3 heterocycles. The fraction of sp³-hybridized carbons (Fsp3) is 0.320. The zero-order valence-electron chi connectivity index (χ0n) is 18.3. The number of piperidine rings is 1. The van der Waals surface area contributed by atoms with Crippen molar-refractivity contribution in [2.45, 2.75) is 32.7 Å². The zero-order chi connectivity index (χ0) is 21.9. The lowest BCUT2D eigenvalue weighted by molar-refractivity contribution is -0.114. The summed E-state index contributed by atoms with van der Waals surface area (Å²) < 4.78 is 0. The summed E-state index contributed by atoms with van der Waals surface area (Å²) in [7, 11) is 0. The van der Waals surface area contributed by atoms with Crippen molar-refractivity contribution in [3.05, 3.63) is 66.0 Å². The Morgan fingerprint density at radius 2 is 1.88 bits per heavy atom. The molecule has 0 bridgehead atoms. The van der Waals surface area contributed by atoms with Gasteiger partial charge in [0.15, 0.2) is 5.82 Å². The molecule has 3 N–H and O–H groups in total. The smallest absolute Gasteiger partial charge is 0.221 e. The Kier molecular flexibility index (Phi) is 5.73. The van der Waals surface area contributed by atoms with Gasteiger partial charge in [-0.05, 0) is 68.1 Å². The lowest BCUT2D eigenvalue weighted by Crippen LogP contribution is -2.34. The second-order valence-electron chi connectivity index (χ2n) is 8.70. The van der Waals surface area contributed by atoms with Crippen molar-refractivity contribution in [3.8, 4) is 11.5 Å². The summed E-state index contributed by atoms with van der Waals surface area (Å²) in [4.78, 5) is 20.5. The van der Waals surface area contributed by atoms with Crippen molar-refractivity contribution in [1.29, 1.82) is 0 Å². The van der Waals surface area contributed by atoms with E-state index in [0.29, 0.717) is 0 Å². The molecular formula is C25H28N6O. The van der Waals surface area contributed by atoms with Gasteiger partial charge in [0.2, 0.25) is 5.91 Å². The number of fused-ring (bicyclic) bond motifs is 1. The second-order valence-corrected chi connectivity index (χ2v) is 8.70. The third kappa shape index (κ3) is 4.73. The Morgan fingerprint density at radius 3 is 2.66 bits per heavy atom. The van der Waals surface area contributed by atoms with Gasteiger partial charge in [0.25, 0.3) is 0 Å². The SMILES string of the molecule is CC(=O)Nc1ccc2[nH]c(-c3nnc(CN4CCC(Cc5ccccc5)CC4)[nH]3)cc2c1. The third-order valence-electron chi connectivity index (χ3n) is 6.18. The highest BCUT2D eigenvalue weighted by atomic mass is 16.1. The molecule has 0 atom stereocenters. The number of carbonyl (C=O) groups excluding carboxylic acids is 1. The van der Waals surface area contributed by atoms with Crippen LogP contribution in [-0.4, -0.2) is 44.1 Å². The molecule has 1 amide bonds. The number of hydrogen-bond donors (Lipinski definition) is 3. The van der Waals surface area contributed by atoms with Gasteiger partial charge < -0.3 is 15.3 Å². The first-order valence-electron chi connectivity index (χ1n) is 11.2. The van der Waals surface area contributed by atoms with Crippen LogP contribution in [0, 0.1) is 5.92 Å². The first kappa shape index (κ1) is 20.5. The van der Waals surface area contributed by atoms with Crippen molar-refractivity contribution in [1.82, 2.24) is 25.1 Å². The quantitative estimate of drug-likeness (QED) is 0.425. The maximum Gasteiger partial charge on any atom is 0.221 e. The summed E-state index contributed by atoms with van der Waals surface area (Å²) in [6.07, 6.45) is 3.61. The molecule has 2 aromatic carbocycles. The molecule has 1 saturated heterocycles. The molecule has 0 radical (unpaired) electrons. The fourth-order valence-corrected chi connectivity index (χ4v) is 4.54. The van der Waals surface area contributed by atoms with Crippen LogP contribution >= 0.6 is 0 Å². The molecule has 1 aliphatic rings. The number of amides is 1. The zero-order valence-corrected chi connectivity index (χ0v) is 18.3. The maximum absolute atomic E-state index is 11.3. The topological polar surface area (TPSA) is 89.7 Å². The number of hydrogen-bond acceptors (Lipinski definition) is 4. The highest BCUT2D eigenvalue weighted by Crippen LogP contribution is 2.25. The number of aromatic nitrogens is 4. The first-order chi connectivity index (χ1) is 15.6. The van der Waals surface area contributed by atoms with E-state index < -0.39 is 0 Å². The Labute approximate surface area is 187 Å². The Hall–Kier alpha value is -3.45. The summed E-state index contributed by atoms with van der Waals surface area (Å²) in [6, 6.07) is 18.6. The van der Waals surface area contributed by atoms with Gasteiger partial charge in [0.05, 0.1) is 12.2 Å². The van der Waals surface area contributed by atoms with Gasteiger partial charge in [-0.3, -0.25) is 9.69 Å². The van der Waals surface area contributed by atoms with Crippen LogP contribution in [0.15, 0.2) is 54.6 Å². The standard InChI is InChI=1S/C25H28N6O/c1-17(32)26-21-7-8-22-20(14-21)15-23(27-22)25-28-24(29-30-25)16-31-11-9-19(10-12-31)13-18-5-3-2-4-6-18/h2-8,14-15,19,27H,9-13,16H2,1H3,(H,26,32)(H,28,29,30). The number of likely N-dealkylation sites (tertiary alicyclic amines) is 1. The van der Waals surface area contributed by atoms with Crippen LogP contribution < -0.4 is 5.32 Å². The van der Waals surface area contributed by atoms with Gasteiger partial charge in [-0.2, -0.15) is 0 Å². The van der Waals surface area contributed by atoms with Crippen molar-refractivity contribution in [3.63, 3.8) is 0 Å². The molecule has 164 valence electrons. The molecule has 0 aliphatic carbocycles. The minimum atomic E-state index is -0.0796. The van der Waals surface area contributed by atoms with Crippen LogP contribution in [0.2, 0.25) is 0 Å². The van der Waals surface area contributed by atoms with E-state index in [1.165, 1.54) is 31.7 Å². The van der Waals surface area contributed by atoms with E-state index in [4.69, 9.17) is 0 Å². The number of benzene rings is 2. The van der Waals surface area contributed by atoms with Crippen LogP contribution in [0.25, 0.3) is 22.4 Å². The van der Waals surface area contributed by atoms with Crippen molar-refractivity contribution in [2.24, 2.45) is 5.92 Å². The number of nitrogens with one attached hydrogen (secondary N) is 3. The number of rotatable bonds is 6. The van der Waals surface area contributed by atoms with E-state index in [1.54, 1.807) is 0 Å². The van der Waals surface area contributed by atoms with Gasteiger partial charge >= 0.3 is 0 Å².